The van der Waals surface area contributed by atoms with Crippen molar-refractivity contribution in [2.45, 2.75) is 36.3 Å². The van der Waals surface area contributed by atoms with E-state index in [4.69, 9.17) is 0 Å². The zero-order valence-corrected chi connectivity index (χ0v) is 17.5. The van der Waals surface area contributed by atoms with Crippen molar-refractivity contribution in [2.24, 2.45) is 0 Å². The zero-order chi connectivity index (χ0) is 21.5. The van der Waals surface area contributed by atoms with Crippen LogP contribution in [0.3, 0.4) is 0 Å². The molecular formula is C17H18F2N6O3S2. The van der Waals surface area contributed by atoms with Gasteiger partial charge in [0.1, 0.15) is 0 Å². The summed E-state index contributed by atoms with van der Waals surface area (Å²) in [6.45, 7) is 1.73. The fraction of sp³-hybridized carbons (Fsp3) is 0.412. The van der Waals surface area contributed by atoms with Crippen molar-refractivity contribution >= 4 is 38.2 Å². The van der Waals surface area contributed by atoms with Crippen LogP contribution in [0, 0.1) is 0 Å². The lowest BCUT2D eigenvalue weighted by molar-refractivity contribution is -0.114. The molecule has 1 aliphatic heterocycles. The van der Waals surface area contributed by atoms with Crippen LogP contribution in [0.25, 0.3) is 5.78 Å². The molecule has 0 spiro atoms. The Morgan fingerprint density at radius 1 is 1.37 bits per heavy atom. The van der Waals surface area contributed by atoms with E-state index in [9.17, 15) is 22.0 Å². The molecule has 1 unspecified atom stereocenters. The number of nitrogens with one attached hydrogen (secondary N) is 1. The highest BCUT2D eigenvalue weighted by Crippen LogP contribution is 2.33. The van der Waals surface area contributed by atoms with Gasteiger partial charge in [-0.15, -0.1) is 0 Å². The number of nitrogens with zero attached hydrogens (tertiary/aromatic N) is 5. The molecule has 3 aromatic rings. The second kappa shape index (κ2) is 7.96. The van der Waals surface area contributed by atoms with Crippen LogP contribution in [-0.2, 0) is 14.8 Å². The highest BCUT2D eigenvalue weighted by Gasteiger charge is 2.33. The van der Waals surface area contributed by atoms with Gasteiger partial charge in [0.05, 0.1) is 17.6 Å². The molecule has 1 atom stereocenters. The van der Waals surface area contributed by atoms with Gasteiger partial charge in [0.25, 0.3) is 16.4 Å². The van der Waals surface area contributed by atoms with Gasteiger partial charge < -0.3 is 5.32 Å². The molecule has 0 bridgehead atoms. The summed E-state index contributed by atoms with van der Waals surface area (Å²) in [6, 6.07) is 1.32. The number of imidazole rings is 1. The molecule has 1 aliphatic rings. The number of hydrogen-bond acceptors (Lipinski definition) is 7. The number of anilines is 1. The fourth-order valence-electron chi connectivity index (χ4n) is 3.44. The predicted octanol–water partition coefficient (Wildman–Crippen LogP) is 2.65. The lowest BCUT2D eigenvalue weighted by atomic mass is 9.95. The first-order valence-electron chi connectivity index (χ1n) is 9.11. The lowest BCUT2D eigenvalue weighted by Crippen LogP contribution is -2.39. The summed E-state index contributed by atoms with van der Waals surface area (Å²) in [7, 11) is -3.83. The van der Waals surface area contributed by atoms with Gasteiger partial charge in [-0.25, -0.2) is 32.2 Å². The first-order chi connectivity index (χ1) is 14.3. The normalized spacial score (nSPS) is 18.2. The van der Waals surface area contributed by atoms with E-state index in [1.165, 1.54) is 40.3 Å². The predicted molar refractivity (Wildman–Crippen MR) is 105 cm³/mol. The Kier molecular flexibility index (Phi) is 5.51. The molecule has 4 heterocycles. The molecule has 0 aromatic carbocycles. The first-order valence-corrected chi connectivity index (χ1v) is 11.4. The van der Waals surface area contributed by atoms with Gasteiger partial charge in [0.15, 0.2) is 9.34 Å². The third kappa shape index (κ3) is 3.91. The van der Waals surface area contributed by atoms with Gasteiger partial charge in [-0.3, -0.25) is 9.20 Å². The van der Waals surface area contributed by atoms with E-state index < -0.39 is 16.4 Å². The number of halogens is 2. The van der Waals surface area contributed by atoms with Gasteiger partial charge in [-0.1, -0.05) is 11.3 Å². The van der Waals surface area contributed by atoms with Gasteiger partial charge >= 0.3 is 0 Å². The second-order valence-electron chi connectivity index (χ2n) is 6.87. The van der Waals surface area contributed by atoms with Gasteiger partial charge in [-0.2, -0.15) is 4.31 Å². The molecule has 30 heavy (non-hydrogen) atoms. The standard InChI is InChI=1S/C17H18F2N6O3S2/c1-10(26)22-17-21-8-14(29-17)30(27,28)24-5-2-3-11(9-24)12-7-13(15(18)19)25-6-4-20-16(25)23-12/h4,6-8,11,15H,2-3,5,9H2,1H3,(H,21,22,26). The van der Waals surface area contributed by atoms with Gasteiger partial charge in [0, 0.05) is 38.3 Å². The molecule has 9 nitrogen and oxygen atoms in total. The van der Waals surface area contributed by atoms with Crippen molar-refractivity contribution in [3.05, 3.63) is 36.0 Å². The number of rotatable bonds is 5. The molecule has 13 heteroatoms. The van der Waals surface area contributed by atoms with Gasteiger partial charge in [-0.05, 0) is 18.9 Å². The topological polar surface area (TPSA) is 110 Å². The maximum Gasteiger partial charge on any atom is 0.278 e. The average Bonchev–Trinajstić information content (AvgIpc) is 3.36. The zero-order valence-electron chi connectivity index (χ0n) is 15.8. The van der Waals surface area contributed by atoms with E-state index in [0.29, 0.717) is 25.1 Å². The number of sulfonamides is 1. The van der Waals surface area contributed by atoms with E-state index in [1.54, 1.807) is 0 Å². The van der Waals surface area contributed by atoms with Crippen LogP contribution in [0.4, 0.5) is 13.9 Å². The number of fused-ring (bicyclic) bond motifs is 1. The molecule has 4 rings (SSSR count). The van der Waals surface area contributed by atoms with Gasteiger partial charge in [0.2, 0.25) is 11.7 Å². The van der Waals surface area contributed by atoms with Crippen molar-refractivity contribution < 1.29 is 22.0 Å². The van der Waals surface area contributed by atoms with Crippen LogP contribution in [0.2, 0.25) is 0 Å². The number of thiazole rings is 1. The molecule has 1 amide bonds. The van der Waals surface area contributed by atoms with E-state index in [0.717, 1.165) is 11.3 Å². The highest BCUT2D eigenvalue weighted by molar-refractivity contribution is 7.91. The van der Waals surface area contributed by atoms with Crippen molar-refractivity contribution in [3.8, 4) is 0 Å². The summed E-state index contributed by atoms with van der Waals surface area (Å²) >= 11 is 0.867. The number of carbonyl (C=O) groups excluding carboxylic acids is 1. The summed E-state index contributed by atoms with van der Waals surface area (Å²) in [5.41, 5.74) is 0.169. The monoisotopic (exact) mass is 456 g/mol. The molecule has 0 radical (unpaired) electrons. The Labute approximate surface area is 174 Å². The lowest BCUT2D eigenvalue weighted by Gasteiger charge is -2.31. The van der Waals surface area contributed by atoms with Crippen molar-refractivity contribution in [2.75, 3.05) is 18.4 Å². The Balaban J connectivity index is 1.61. The average molecular weight is 457 g/mol. The largest absolute Gasteiger partial charge is 0.302 e. The molecular weight excluding hydrogens is 438 g/mol. The van der Waals surface area contributed by atoms with E-state index in [2.05, 4.69) is 20.3 Å². The number of aromatic nitrogens is 4. The summed E-state index contributed by atoms with van der Waals surface area (Å²) in [5.74, 6) is -0.526. The number of alkyl halides is 2. The molecule has 1 fully saturated rings. The second-order valence-corrected chi connectivity index (χ2v) is 10.1. The van der Waals surface area contributed by atoms with Crippen LogP contribution in [0.1, 0.15) is 43.5 Å². The van der Waals surface area contributed by atoms with Crippen LogP contribution in [-0.4, -0.2) is 51.1 Å². The third-order valence-corrected chi connectivity index (χ3v) is 8.03. The van der Waals surface area contributed by atoms with E-state index >= 15 is 0 Å². The number of hydrogen-bond donors (Lipinski definition) is 1. The summed E-state index contributed by atoms with van der Waals surface area (Å²) < 4.78 is 55.6. The Morgan fingerprint density at radius 2 is 2.17 bits per heavy atom. The first kappa shape index (κ1) is 20.8. The van der Waals surface area contributed by atoms with Crippen LogP contribution in [0.5, 0.6) is 0 Å². The quantitative estimate of drug-likeness (QED) is 0.632. The summed E-state index contributed by atoms with van der Waals surface area (Å²) in [4.78, 5) is 23.5. The van der Waals surface area contributed by atoms with Crippen molar-refractivity contribution in [1.82, 2.24) is 23.7 Å². The minimum absolute atomic E-state index is 0.0110. The van der Waals surface area contributed by atoms with Crippen molar-refractivity contribution in [3.63, 3.8) is 0 Å². The Morgan fingerprint density at radius 3 is 2.90 bits per heavy atom. The van der Waals surface area contributed by atoms with Crippen LogP contribution in [0.15, 0.2) is 28.9 Å². The van der Waals surface area contributed by atoms with Crippen LogP contribution >= 0.6 is 11.3 Å². The Hall–Kier alpha value is -2.51. The maximum absolute atomic E-state index is 13.5. The fourth-order valence-corrected chi connectivity index (χ4v) is 6.20. The number of amides is 1. The number of piperidine rings is 1. The Bertz CT molecular complexity index is 1190. The molecule has 0 aliphatic carbocycles. The summed E-state index contributed by atoms with van der Waals surface area (Å²) in [5, 5.41) is 2.66. The molecule has 3 aromatic heterocycles. The van der Waals surface area contributed by atoms with E-state index in [-0.39, 0.29) is 39.2 Å². The molecule has 0 saturated carbocycles. The molecule has 160 valence electrons. The van der Waals surface area contributed by atoms with Crippen molar-refractivity contribution in [1.29, 1.82) is 0 Å². The summed E-state index contributed by atoms with van der Waals surface area (Å²) in [6.07, 6.45) is 2.49. The maximum atomic E-state index is 13.5. The SMILES string of the molecule is CC(=O)Nc1ncc(S(=O)(=O)N2CCCC(c3cc(C(F)F)n4ccnc4n3)C2)s1. The minimum Gasteiger partial charge on any atom is -0.302 e. The highest BCUT2D eigenvalue weighted by atomic mass is 32.2. The minimum atomic E-state index is -3.83. The van der Waals surface area contributed by atoms with E-state index in [1.807, 2.05) is 0 Å². The smallest absolute Gasteiger partial charge is 0.278 e. The molecule has 1 N–H and O–H groups in total. The molecule has 1 saturated heterocycles. The van der Waals surface area contributed by atoms with Crippen LogP contribution < -0.4 is 5.32 Å². The third-order valence-electron chi connectivity index (χ3n) is 4.81. The number of carbonyl (C=O) groups is 1.